The van der Waals surface area contributed by atoms with E-state index in [0.29, 0.717) is 6.54 Å². The second-order valence-electron chi connectivity index (χ2n) is 5.52. The van der Waals surface area contributed by atoms with Crippen molar-refractivity contribution >= 4 is 6.21 Å². The average molecular weight is 335 g/mol. The molecule has 3 aromatic rings. The molecule has 0 spiro atoms. The van der Waals surface area contributed by atoms with Crippen LogP contribution in [0.4, 0.5) is 0 Å². The average Bonchev–Trinajstić information content (AvgIpc) is 2.63. The summed E-state index contributed by atoms with van der Waals surface area (Å²) < 4.78 is 1.11. The monoisotopic (exact) mass is 335 g/mol. The summed E-state index contributed by atoms with van der Waals surface area (Å²) in [5.41, 5.74) is 0.452. The van der Waals surface area contributed by atoms with Crippen molar-refractivity contribution in [1.82, 2.24) is 9.55 Å². The van der Waals surface area contributed by atoms with E-state index in [-0.39, 0.29) is 12.1 Å². The van der Waals surface area contributed by atoms with Crippen LogP contribution in [-0.4, -0.2) is 20.9 Å². The maximum absolute atomic E-state index is 12.0. The van der Waals surface area contributed by atoms with Crippen LogP contribution in [0, 0.1) is 0 Å². The van der Waals surface area contributed by atoms with Crippen LogP contribution in [0.5, 0.6) is 5.88 Å². The van der Waals surface area contributed by atoms with Gasteiger partial charge < -0.3 is 5.11 Å². The SMILES string of the molecule is O=c1[nH]c(=O)n(Cc2ccccc2)c(O)c1C=NCc1ccccc1. The molecule has 0 amide bonds. The molecule has 2 aromatic carbocycles. The van der Waals surface area contributed by atoms with E-state index in [2.05, 4.69) is 9.98 Å². The molecule has 0 atom stereocenters. The summed E-state index contributed by atoms with van der Waals surface area (Å²) in [6.07, 6.45) is 1.29. The topological polar surface area (TPSA) is 87.5 Å². The Morgan fingerprint density at radius 2 is 1.56 bits per heavy atom. The zero-order valence-corrected chi connectivity index (χ0v) is 13.4. The van der Waals surface area contributed by atoms with Crippen LogP contribution in [0.2, 0.25) is 0 Å². The van der Waals surface area contributed by atoms with Crippen LogP contribution in [0.25, 0.3) is 0 Å². The molecular formula is C19H17N3O3. The van der Waals surface area contributed by atoms with Crippen LogP contribution in [0.3, 0.4) is 0 Å². The number of rotatable bonds is 5. The molecule has 0 saturated carbocycles. The van der Waals surface area contributed by atoms with Gasteiger partial charge in [0.1, 0.15) is 5.56 Å². The lowest BCUT2D eigenvalue weighted by molar-refractivity contribution is 0.408. The first-order chi connectivity index (χ1) is 12.1. The molecule has 0 bridgehead atoms. The van der Waals surface area contributed by atoms with Gasteiger partial charge in [-0.2, -0.15) is 0 Å². The number of aromatic nitrogens is 2. The molecule has 1 aromatic heterocycles. The Bertz CT molecular complexity index is 990. The predicted molar refractivity (Wildman–Crippen MR) is 96.3 cm³/mol. The first kappa shape index (κ1) is 16.4. The molecule has 0 saturated heterocycles. The van der Waals surface area contributed by atoms with Crippen molar-refractivity contribution < 1.29 is 5.11 Å². The molecule has 0 unspecified atom stereocenters. The van der Waals surface area contributed by atoms with Gasteiger partial charge in [-0.25, -0.2) is 4.79 Å². The van der Waals surface area contributed by atoms with Crippen LogP contribution >= 0.6 is 0 Å². The van der Waals surface area contributed by atoms with Gasteiger partial charge >= 0.3 is 5.69 Å². The smallest absolute Gasteiger partial charge is 0.331 e. The lowest BCUT2D eigenvalue weighted by Gasteiger charge is -2.09. The number of hydrogen-bond acceptors (Lipinski definition) is 4. The number of nitrogens with zero attached hydrogens (tertiary/aromatic N) is 2. The van der Waals surface area contributed by atoms with E-state index in [0.717, 1.165) is 15.7 Å². The van der Waals surface area contributed by atoms with Crippen molar-refractivity contribution in [2.75, 3.05) is 0 Å². The maximum atomic E-state index is 12.0. The Labute approximate surface area is 143 Å². The van der Waals surface area contributed by atoms with Crippen molar-refractivity contribution in [3.63, 3.8) is 0 Å². The van der Waals surface area contributed by atoms with Gasteiger partial charge in [0.25, 0.3) is 5.56 Å². The molecule has 0 radical (unpaired) electrons. The third-order valence-corrected chi connectivity index (χ3v) is 3.73. The Morgan fingerprint density at radius 1 is 0.960 bits per heavy atom. The third-order valence-electron chi connectivity index (χ3n) is 3.73. The number of aromatic hydroxyl groups is 1. The molecule has 0 fully saturated rings. The molecule has 25 heavy (non-hydrogen) atoms. The van der Waals surface area contributed by atoms with E-state index in [9.17, 15) is 14.7 Å². The van der Waals surface area contributed by atoms with Gasteiger partial charge in [-0.3, -0.25) is 19.3 Å². The van der Waals surface area contributed by atoms with E-state index < -0.39 is 17.1 Å². The minimum Gasteiger partial charge on any atom is -0.494 e. The molecule has 6 heteroatoms. The molecule has 126 valence electrons. The fraction of sp³-hybridized carbons (Fsp3) is 0.105. The largest absolute Gasteiger partial charge is 0.494 e. The maximum Gasteiger partial charge on any atom is 0.331 e. The van der Waals surface area contributed by atoms with Crippen molar-refractivity contribution in [3.8, 4) is 5.88 Å². The Kier molecular flexibility index (Phi) is 4.89. The number of H-pyrrole nitrogens is 1. The van der Waals surface area contributed by atoms with Gasteiger partial charge in [0, 0.05) is 6.21 Å². The summed E-state index contributed by atoms with van der Waals surface area (Å²) in [5, 5.41) is 10.4. The summed E-state index contributed by atoms with van der Waals surface area (Å²) in [7, 11) is 0. The number of nitrogens with one attached hydrogen (secondary N) is 1. The minimum absolute atomic E-state index is 0.0357. The molecule has 2 N–H and O–H groups in total. The third kappa shape index (κ3) is 3.92. The summed E-state index contributed by atoms with van der Waals surface area (Å²) >= 11 is 0. The Morgan fingerprint density at radius 3 is 2.20 bits per heavy atom. The highest BCUT2D eigenvalue weighted by Crippen LogP contribution is 2.11. The molecule has 1 heterocycles. The number of aromatic amines is 1. The quantitative estimate of drug-likeness (QED) is 0.698. The van der Waals surface area contributed by atoms with Gasteiger partial charge in [-0.15, -0.1) is 0 Å². The van der Waals surface area contributed by atoms with Gasteiger partial charge in [-0.1, -0.05) is 60.7 Å². The van der Waals surface area contributed by atoms with E-state index in [1.807, 2.05) is 60.7 Å². The van der Waals surface area contributed by atoms with Crippen LogP contribution in [-0.2, 0) is 13.1 Å². The van der Waals surface area contributed by atoms with Crippen molar-refractivity contribution in [2.45, 2.75) is 13.1 Å². The number of hydrogen-bond donors (Lipinski definition) is 2. The molecular weight excluding hydrogens is 318 g/mol. The van der Waals surface area contributed by atoms with Crippen molar-refractivity contribution in [1.29, 1.82) is 0 Å². The minimum atomic E-state index is -0.663. The van der Waals surface area contributed by atoms with Gasteiger partial charge in [0.15, 0.2) is 0 Å². The first-order valence-corrected chi connectivity index (χ1v) is 7.79. The second kappa shape index (κ2) is 7.44. The van der Waals surface area contributed by atoms with Gasteiger partial charge in [0.05, 0.1) is 13.1 Å². The highest BCUT2D eigenvalue weighted by Gasteiger charge is 2.12. The molecule has 0 aliphatic carbocycles. The fourth-order valence-corrected chi connectivity index (χ4v) is 2.43. The first-order valence-electron chi connectivity index (χ1n) is 7.79. The zero-order chi connectivity index (χ0) is 17.6. The van der Waals surface area contributed by atoms with E-state index >= 15 is 0 Å². The molecule has 0 aliphatic rings. The van der Waals surface area contributed by atoms with Crippen LogP contribution < -0.4 is 11.2 Å². The lowest BCUT2D eigenvalue weighted by atomic mass is 10.2. The fourth-order valence-electron chi connectivity index (χ4n) is 2.43. The molecule has 3 rings (SSSR count). The van der Waals surface area contributed by atoms with Crippen LogP contribution in [0.15, 0.2) is 75.2 Å². The van der Waals surface area contributed by atoms with Gasteiger partial charge in [-0.05, 0) is 11.1 Å². The van der Waals surface area contributed by atoms with E-state index in [1.165, 1.54) is 6.21 Å². The number of benzene rings is 2. The predicted octanol–water partition coefficient (Wildman–Crippen LogP) is 1.91. The van der Waals surface area contributed by atoms with E-state index in [4.69, 9.17) is 0 Å². The Balaban J connectivity index is 1.90. The summed E-state index contributed by atoms with van der Waals surface area (Å²) in [5.74, 6) is -0.394. The van der Waals surface area contributed by atoms with Crippen molar-refractivity contribution in [3.05, 3.63) is 98.2 Å². The van der Waals surface area contributed by atoms with Gasteiger partial charge in [0.2, 0.25) is 5.88 Å². The van der Waals surface area contributed by atoms with Crippen LogP contribution in [0.1, 0.15) is 16.7 Å². The lowest BCUT2D eigenvalue weighted by Crippen LogP contribution is -2.32. The molecule has 0 aliphatic heterocycles. The Hall–Kier alpha value is -3.41. The summed E-state index contributed by atoms with van der Waals surface area (Å²) in [6, 6.07) is 18.7. The van der Waals surface area contributed by atoms with E-state index in [1.54, 1.807) is 0 Å². The number of aliphatic imine (C=N–C) groups is 1. The standard InChI is InChI=1S/C19H17N3O3/c23-17-16(12-20-11-14-7-3-1-4-8-14)18(24)22(19(25)21-17)13-15-9-5-2-6-10-15/h1-10,12,24H,11,13H2,(H,21,23,25). The summed E-state index contributed by atoms with van der Waals surface area (Å²) in [6.45, 7) is 0.527. The molecule has 6 nitrogen and oxygen atoms in total. The second-order valence-corrected chi connectivity index (χ2v) is 5.52. The highest BCUT2D eigenvalue weighted by molar-refractivity contribution is 5.81. The normalized spacial score (nSPS) is 11.0. The van der Waals surface area contributed by atoms with Crippen molar-refractivity contribution in [2.24, 2.45) is 4.99 Å². The highest BCUT2D eigenvalue weighted by atomic mass is 16.3. The summed E-state index contributed by atoms with van der Waals surface area (Å²) in [4.78, 5) is 30.4. The zero-order valence-electron chi connectivity index (χ0n) is 13.4.